The molecule has 54 heavy (non-hydrogen) atoms. The van der Waals surface area contributed by atoms with Gasteiger partial charge in [0.2, 0.25) is 0 Å². The SMILES string of the molecule is CC(C)(C)OC(=O)N1CCCC[C@H]1C(=O)OCC(=O)c1ccc(-c2ccc3cc(C(=O)COC(=O)[C@@H]4COCCN4C(=O)OC(C)(C)C)ccc3c2)cc1. The van der Waals surface area contributed by atoms with E-state index in [2.05, 4.69) is 0 Å². The van der Waals surface area contributed by atoms with Crippen LogP contribution in [0.3, 0.4) is 0 Å². The summed E-state index contributed by atoms with van der Waals surface area (Å²) in [7, 11) is 0. The van der Waals surface area contributed by atoms with E-state index in [4.69, 9.17) is 23.7 Å². The molecule has 0 bridgehead atoms. The van der Waals surface area contributed by atoms with E-state index in [9.17, 15) is 28.8 Å². The first-order chi connectivity index (χ1) is 25.5. The van der Waals surface area contributed by atoms with Gasteiger partial charge in [-0.25, -0.2) is 19.2 Å². The lowest BCUT2D eigenvalue weighted by molar-refractivity contribution is -0.154. The number of piperidine rings is 1. The zero-order chi connectivity index (χ0) is 39.2. The predicted molar refractivity (Wildman–Crippen MR) is 198 cm³/mol. The molecule has 2 saturated heterocycles. The van der Waals surface area contributed by atoms with Crippen LogP contribution in [0.2, 0.25) is 0 Å². The van der Waals surface area contributed by atoms with Crippen LogP contribution in [0.4, 0.5) is 9.59 Å². The van der Waals surface area contributed by atoms with E-state index in [1.807, 2.05) is 18.2 Å². The van der Waals surface area contributed by atoms with Crippen LogP contribution >= 0.6 is 0 Å². The highest BCUT2D eigenvalue weighted by Gasteiger charge is 2.38. The van der Waals surface area contributed by atoms with Crippen LogP contribution in [-0.2, 0) is 33.3 Å². The van der Waals surface area contributed by atoms with Crippen molar-refractivity contribution < 1.29 is 52.5 Å². The van der Waals surface area contributed by atoms with Crippen molar-refractivity contribution in [2.24, 2.45) is 0 Å². The highest BCUT2D eigenvalue weighted by atomic mass is 16.6. The van der Waals surface area contributed by atoms with E-state index >= 15 is 0 Å². The third-order valence-electron chi connectivity index (χ3n) is 8.82. The molecule has 2 atom stereocenters. The molecular weight excluding hydrogens is 696 g/mol. The summed E-state index contributed by atoms with van der Waals surface area (Å²) in [6.45, 7) is 10.3. The molecule has 2 fully saturated rings. The Labute approximate surface area is 314 Å². The molecule has 3 aromatic rings. The van der Waals surface area contributed by atoms with E-state index in [1.165, 1.54) is 9.80 Å². The number of morpholine rings is 1. The van der Waals surface area contributed by atoms with Gasteiger partial charge in [-0.2, -0.15) is 0 Å². The summed E-state index contributed by atoms with van der Waals surface area (Å²) in [6, 6.07) is 16.0. The Kier molecular flexibility index (Phi) is 12.4. The molecule has 13 heteroatoms. The van der Waals surface area contributed by atoms with Gasteiger partial charge < -0.3 is 23.7 Å². The Morgan fingerprint density at radius 1 is 0.630 bits per heavy atom. The van der Waals surface area contributed by atoms with Crippen molar-refractivity contribution in [3.63, 3.8) is 0 Å². The van der Waals surface area contributed by atoms with Gasteiger partial charge in [-0.1, -0.05) is 48.5 Å². The van der Waals surface area contributed by atoms with E-state index in [-0.39, 0.29) is 25.5 Å². The van der Waals surface area contributed by atoms with E-state index in [0.29, 0.717) is 24.1 Å². The zero-order valence-corrected chi connectivity index (χ0v) is 31.7. The van der Waals surface area contributed by atoms with Crippen LogP contribution in [0.1, 0.15) is 81.5 Å². The molecule has 0 aliphatic carbocycles. The maximum atomic E-state index is 13.0. The molecule has 2 heterocycles. The van der Waals surface area contributed by atoms with Crippen LogP contribution in [0.25, 0.3) is 21.9 Å². The van der Waals surface area contributed by atoms with Crippen molar-refractivity contribution in [3.8, 4) is 11.1 Å². The number of ketones is 2. The third kappa shape index (κ3) is 10.4. The average molecular weight is 745 g/mol. The van der Waals surface area contributed by atoms with Crippen LogP contribution in [0.15, 0.2) is 60.7 Å². The standard InChI is InChI=1S/C41H48N2O11/c1-40(2,3)53-38(48)42-18-8-7-9-32(42)36(46)51-24-34(44)27-12-10-26(11-13-27)28-14-15-30-22-31(17-16-29(30)21-28)35(45)25-52-37(47)33-23-50-20-19-43(33)39(49)54-41(4,5)6/h10-17,21-22,32-33H,7-9,18-20,23-25H2,1-6H3/t32-,33-/m0/s1. The lowest BCUT2D eigenvalue weighted by atomic mass is 9.98. The molecule has 0 aromatic heterocycles. The molecule has 0 unspecified atom stereocenters. The predicted octanol–water partition coefficient (Wildman–Crippen LogP) is 6.38. The van der Waals surface area contributed by atoms with Gasteiger partial charge in [0.25, 0.3) is 0 Å². The molecule has 0 radical (unpaired) electrons. The lowest BCUT2D eigenvalue weighted by Gasteiger charge is -2.35. The Morgan fingerprint density at radius 2 is 1.15 bits per heavy atom. The second-order valence-corrected chi connectivity index (χ2v) is 15.4. The number of rotatable bonds is 9. The fourth-order valence-electron chi connectivity index (χ4n) is 6.13. The number of nitrogens with zero attached hydrogens (tertiary/aromatic N) is 2. The molecule has 3 aromatic carbocycles. The molecule has 2 amide bonds. The summed E-state index contributed by atoms with van der Waals surface area (Å²) in [6.07, 6.45) is 0.722. The Hall–Kier alpha value is -5.30. The van der Waals surface area contributed by atoms with Gasteiger partial charge in [0, 0.05) is 24.2 Å². The summed E-state index contributed by atoms with van der Waals surface area (Å²) in [4.78, 5) is 79.7. The van der Waals surface area contributed by atoms with Gasteiger partial charge in [0.1, 0.15) is 17.2 Å². The molecule has 2 aliphatic rings. The molecule has 0 N–H and O–H groups in total. The number of likely N-dealkylation sites (tertiary alicyclic amines) is 1. The summed E-state index contributed by atoms with van der Waals surface area (Å²) >= 11 is 0. The largest absolute Gasteiger partial charge is 0.456 e. The number of ether oxygens (including phenoxy) is 5. The quantitative estimate of drug-likeness (QED) is 0.136. The zero-order valence-electron chi connectivity index (χ0n) is 31.7. The number of hydrogen-bond acceptors (Lipinski definition) is 11. The number of carbonyl (C=O) groups is 6. The third-order valence-corrected chi connectivity index (χ3v) is 8.82. The second-order valence-electron chi connectivity index (χ2n) is 15.4. The number of amides is 2. The van der Waals surface area contributed by atoms with Gasteiger partial charge in [0.05, 0.1) is 13.2 Å². The van der Waals surface area contributed by atoms with Gasteiger partial charge in [-0.15, -0.1) is 0 Å². The highest BCUT2D eigenvalue weighted by molar-refractivity contribution is 6.02. The first-order valence-corrected chi connectivity index (χ1v) is 18.1. The second kappa shape index (κ2) is 16.8. The van der Waals surface area contributed by atoms with Gasteiger partial charge >= 0.3 is 24.1 Å². The number of Topliss-reactive ketones (excluding diaryl/α,β-unsaturated/α-hetero) is 2. The Morgan fingerprint density at radius 3 is 1.78 bits per heavy atom. The lowest BCUT2D eigenvalue weighted by Crippen LogP contribution is -2.54. The van der Waals surface area contributed by atoms with Crippen molar-refractivity contribution >= 4 is 46.5 Å². The summed E-state index contributed by atoms with van der Waals surface area (Å²) in [5.41, 5.74) is 1.01. The van der Waals surface area contributed by atoms with Crippen LogP contribution in [-0.4, -0.2) is 108 Å². The highest BCUT2D eigenvalue weighted by Crippen LogP contribution is 2.27. The molecular formula is C41H48N2O11. The minimum Gasteiger partial charge on any atom is -0.456 e. The average Bonchev–Trinajstić information content (AvgIpc) is 3.14. The van der Waals surface area contributed by atoms with Gasteiger partial charge in [-0.05, 0) is 94.8 Å². The van der Waals surface area contributed by atoms with Crippen molar-refractivity contribution in [1.29, 1.82) is 0 Å². The maximum absolute atomic E-state index is 13.0. The van der Waals surface area contributed by atoms with E-state index < -0.39 is 66.4 Å². The van der Waals surface area contributed by atoms with Crippen LogP contribution in [0, 0.1) is 0 Å². The maximum Gasteiger partial charge on any atom is 0.411 e. The topological polar surface area (TPSA) is 155 Å². The normalized spacial score (nSPS) is 17.7. The number of fused-ring (bicyclic) bond motifs is 1. The smallest absolute Gasteiger partial charge is 0.411 e. The molecule has 0 spiro atoms. The molecule has 5 rings (SSSR count). The van der Waals surface area contributed by atoms with Crippen LogP contribution in [0.5, 0.6) is 0 Å². The van der Waals surface area contributed by atoms with Crippen molar-refractivity contribution in [1.82, 2.24) is 9.80 Å². The van der Waals surface area contributed by atoms with Gasteiger partial charge in [-0.3, -0.25) is 19.4 Å². The Bertz CT molecular complexity index is 1890. The summed E-state index contributed by atoms with van der Waals surface area (Å²) in [5, 5.41) is 1.66. The minimum atomic E-state index is -1.02. The summed E-state index contributed by atoms with van der Waals surface area (Å²) < 4.78 is 26.9. The first-order valence-electron chi connectivity index (χ1n) is 18.1. The van der Waals surface area contributed by atoms with Crippen molar-refractivity contribution in [3.05, 3.63) is 71.8 Å². The van der Waals surface area contributed by atoms with E-state index in [1.54, 1.807) is 84.0 Å². The number of esters is 2. The summed E-state index contributed by atoms with van der Waals surface area (Å²) in [5.74, 6) is -2.16. The molecule has 2 aliphatic heterocycles. The monoisotopic (exact) mass is 744 g/mol. The molecule has 288 valence electrons. The number of hydrogen-bond donors (Lipinski definition) is 0. The molecule has 13 nitrogen and oxygen atoms in total. The van der Waals surface area contributed by atoms with Gasteiger partial charge in [0.15, 0.2) is 30.8 Å². The number of benzene rings is 3. The van der Waals surface area contributed by atoms with Crippen LogP contribution < -0.4 is 0 Å². The van der Waals surface area contributed by atoms with E-state index in [0.717, 1.165) is 34.7 Å². The van der Waals surface area contributed by atoms with Crippen molar-refractivity contribution in [2.45, 2.75) is 84.1 Å². The minimum absolute atomic E-state index is 0.0584. The Balaban J connectivity index is 1.15. The number of carbonyl (C=O) groups excluding carboxylic acids is 6. The molecule has 0 saturated carbocycles. The fraction of sp³-hybridized carbons (Fsp3) is 0.463. The van der Waals surface area contributed by atoms with Crippen molar-refractivity contribution in [2.75, 3.05) is 39.5 Å². The first kappa shape index (κ1) is 39.9. The fourth-order valence-corrected chi connectivity index (χ4v) is 6.13.